The zero-order valence-corrected chi connectivity index (χ0v) is 16.1. The normalized spacial score (nSPS) is 29.0. The molecule has 0 aromatic carbocycles. The number of aliphatic carboxylic acids is 1. The first kappa shape index (κ1) is 22.2. The molecule has 0 radical (unpaired) electrons. The molecule has 1 aliphatic heterocycles. The number of unbranched alkanes of at least 4 members (excludes halogenated alkanes) is 1. The van der Waals surface area contributed by atoms with E-state index in [-0.39, 0.29) is 43.5 Å². The first-order valence-electron chi connectivity index (χ1n) is 10.2. The molecule has 1 heterocycles. The molecule has 0 bridgehead atoms. The van der Waals surface area contributed by atoms with Crippen LogP contribution < -0.4 is 0 Å². The van der Waals surface area contributed by atoms with Gasteiger partial charge in [-0.05, 0) is 56.8 Å². The zero-order chi connectivity index (χ0) is 19.9. The minimum absolute atomic E-state index is 0.0174. The minimum Gasteiger partial charge on any atom is -0.481 e. The topological polar surface area (TPSA) is 72.8 Å². The predicted octanol–water partition coefficient (Wildman–Crippen LogP) is 4.57. The lowest BCUT2D eigenvalue weighted by atomic mass is 9.86. The van der Waals surface area contributed by atoms with Crippen LogP contribution in [0.25, 0.3) is 0 Å². The molecule has 156 valence electrons. The van der Waals surface area contributed by atoms with Crippen LogP contribution in [0.15, 0.2) is 0 Å². The van der Waals surface area contributed by atoms with Gasteiger partial charge in [0.25, 0.3) is 0 Å². The van der Waals surface area contributed by atoms with E-state index in [9.17, 15) is 18.4 Å². The molecule has 7 heteroatoms. The van der Waals surface area contributed by atoms with Crippen LogP contribution in [-0.2, 0) is 19.1 Å². The number of carboxylic acid groups (broad SMARTS) is 1. The highest BCUT2D eigenvalue weighted by molar-refractivity contribution is 5.85. The highest BCUT2D eigenvalue weighted by atomic mass is 19.3. The Morgan fingerprint density at radius 1 is 1.22 bits per heavy atom. The van der Waals surface area contributed by atoms with Crippen molar-refractivity contribution in [1.29, 1.82) is 0 Å². The third-order valence-electron chi connectivity index (χ3n) is 5.76. The van der Waals surface area contributed by atoms with Crippen LogP contribution in [-0.4, -0.2) is 41.8 Å². The van der Waals surface area contributed by atoms with Gasteiger partial charge in [-0.25, -0.2) is 0 Å². The van der Waals surface area contributed by atoms with E-state index in [4.69, 9.17) is 14.6 Å². The summed E-state index contributed by atoms with van der Waals surface area (Å²) in [5.41, 5.74) is 0. The SMILES string of the molecule is CCCCC(F)(F)C(=O)CC[C@@H]1C(CC(=O)O)CC[C@H]1OC1CCCCO1. The molecule has 2 fully saturated rings. The summed E-state index contributed by atoms with van der Waals surface area (Å²) >= 11 is 0. The van der Waals surface area contributed by atoms with Crippen LogP contribution in [0, 0.1) is 11.8 Å². The van der Waals surface area contributed by atoms with E-state index in [1.54, 1.807) is 0 Å². The number of Topliss-reactive ketones (excluding diaryl/α,β-unsaturated/α-hetero) is 1. The van der Waals surface area contributed by atoms with Gasteiger partial charge in [-0.3, -0.25) is 9.59 Å². The highest BCUT2D eigenvalue weighted by Gasteiger charge is 2.42. The smallest absolute Gasteiger partial charge is 0.305 e. The number of ether oxygens (including phenoxy) is 2. The van der Waals surface area contributed by atoms with Gasteiger partial charge in [0.1, 0.15) is 0 Å². The molecule has 0 aromatic heterocycles. The third kappa shape index (κ3) is 6.79. The number of hydrogen-bond acceptors (Lipinski definition) is 4. The monoisotopic (exact) mass is 390 g/mol. The summed E-state index contributed by atoms with van der Waals surface area (Å²) in [4.78, 5) is 23.2. The molecule has 1 saturated carbocycles. The van der Waals surface area contributed by atoms with Crippen molar-refractivity contribution in [3.63, 3.8) is 0 Å². The third-order valence-corrected chi connectivity index (χ3v) is 5.76. The van der Waals surface area contributed by atoms with Crippen LogP contribution in [0.3, 0.4) is 0 Å². The second-order valence-electron chi connectivity index (χ2n) is 7.84. The number of carbonyl (C=O) groups is 2. The molecule has 4 atom stereocenters. The Balaban J connectivity index is 1.95. The van der Waals surface area contributed by atoms with Crippen molar-refractivity contribution in [3.8, 4) is 0 Å². The van der Waals surface area contributed by atoms with Gasteiger partial charge in [-0.1, -0.05) is 13.3 Å². The maximum absolute atomic E-state index is 14.0. The number of ketones is 1. The first-order valence-corrected chi connectivity index (χ1v) is 10.2. The van der Waals surface area contributed by atoms with Gasteiger partial charge in [-0.2, -0.15) is 8.78 Å². The first-order chi connectivity index (χ1) is 12.8. The number of alkyl halides is 2. The largest absolute Gasteiger partial charge is 0.481 e. The van der Waals surface area contributed by atoms with Crippen molar-refractivity contribution in [2.45, 2.75) is 95.9 Å². The molecule has 1 aliphatic carbocycles. The molecule has 0 spiro atoms. The quantitative estimate of drug-likeness (QED) is 0.559. The number of hydrogen-bond donors (Lipinski definition) is 1. The summed E-state index contributed by atoms with van der Waals surface area (Å²) in [6, 6.07) is 0. The Hall–Kier alpha value is -1.08. The molecule has 5 nitrogen and oxygen atoms in total. The molecule has 2 unspecified atom stereocenters. The van der Waals surface area contributed by atoms with Crippen molar-refractivity contribution in [3.05, 3.63) is 0 Å². The second-order valence-corrected chi connectivity index (χ2v) is 7.84. The molecule has 0 amide bonds. The molecule has 2 aliphatic rings. The van der Waals surface area contributed by atoms with Gasteiger partial charge in [0.15, 0.2) is 6.29 Å². The molecule has 1 saturated heterocycles. The van der Waals surface area contributed by atoms with Gasteiger partial charge in [-0.15, -0.1) is 0 Å². The Bertz CT molecular complexity index is 491. The Morgan fingerprint density at radius 3 is 2.63 bits per heavy atom. The Kier molecular flexibility index (Phi) is 8.61. The van der Waals surface area contributed by atoms with E-state index in [0.717, 1.165) is 19.3 Å². The number of carbonyl (C=O) groups excluding carboxylic acids is 1. The van der Waals surface area contributed by atoms with Crippen LogP contribution in [0.2, 0.25) is 0 Å². The highest BCUT2D eigenvalue weighted by Crippen LogP contribution is 2.41. The van der Waals surface area contributed by atoms with Gasteiger partial charge in [0, 0.05) is 25.9 Å². The zero-order valence-electron chi connectivity index (χ0n) is 16.1. The molecular weight excluding hydrogens is 358 g/mol. The van der Waals surface area contributed by atoms with E-state index >= 15 is 0 Å². The lowest BCUT2D eigenvalue weighted by Crippen LogP contribution is -2.33. The second kappa shape index (κ2) is 10.5. The van der Waals surface area contributed by atoms with Gasteiger partial charge in [0.05, 0.1) is 6.10 Å². The lowest BCUT2D eigenvalue weighted by molar-refractivity contribution is -0.196. The van der Waals surface area contributed by atoms with Crippen molar-refractivity contribution in [2.24, 2.45) is 11.8 Å². The summed E-state index contributed by atoms with van der Waals surface area (Å²) in [6.07, 6.45) is 4.14. The fourth-order valence-corrected chi connectivity index (χ4v) is 4.21. The van der Waals surface area contributed by atoms with Crippen molar-refractivity contribution in [1.82, 2.24) is 0 Å². The minimum atomic E-state index is -3.29. The molecule has 27 heavy (non-hydrogen) atoms. The molecule has 0 aromatic rings. The maximum Gasteiger partial charge on any atom is 0.305 e. The predicted molar refractivity (Wildman–Crippen MR) is 95.6 cm³/mol. The van der Waals surface area contributed by atoms with Gasteiger partial charge >= 0.3 is 11.9 Å². The summed E-state index contributed by atoms with van der Waals surface area (Å²) in [7, 11) is 0. The fraction of sp³-hybridized carbons (Fsp3) is 0.900. The number of rotatable bonds is 11. The van der Waals surface area contributed by atoms with Crippen LogP contribution in [0.5, 0.6) is 0 Å². The van der Waals surface area contributed by atoms with E-state index < -0.39 is 24.1 Å². The Morgan fingerprint density at radius 2 is 2.00 bits per heavy atom. The van der Waals surface area contributed by atoms with E-state index in [2.05, 4.69) is 0 Å². The standard InChI is InChI=1S/C20H32F2O5/c1-2-3-11-20(21,22)17(23)10-8-15-14(13-18(24)25)7-9-16(15)27-19-6-4-5-12-26-19/h14-16,19H,2-13H2,1H3,(H,24,25)/t14?,15-,16-,19?/m1/s1. The van der Waals surface area contributed by atoms with E-state index in [0.29, 0.717) is 32.3 Å². The maximum atomic E-state index is 14.0. The van der Waals surface area contributed by atoms with Crippen LogP contribution >= 0.6 is 0 Å². The van der Waals surface area contributed by atoms with E-state index in [1.807, 2.05) is 6.92 Å². The lowest BCUT2D eigenvalue weighted by Gasteiger charge is -2.30. The van der Waals surface area contributed by atoms with Gasteiger partial charge < -0.3 is 14.6 Å². The van der Waals surface area contributed by atoms with Crippen LogP contribution in [0.4, 0.5) is 8.78 Å². The summed E-state index contributed by atoms with van der Waals surface area (Å²) in [6.45, 7) is 2.45. The fourth-order valence-electron chi connectivity index (χ4n) is 4.21. The van der Waals surface area contributed by atoms with Gasteiger partial charge in [0.2, 0.25) is 5.78 Å². The van der Waals surface area contributed by atoms with Crippen molar-refractivity contribution in [2.75, 3.05) is 6.61 Å². The van der Waals surface area contributed by atoms with E-state index in [1.165, 1.54) is 0 Å². The number of carboxylic acids is 1. The average Bonchev–Trinajstić information content (AvgIpc) is 2.99. The molecule has 2 rings (SSSR count). The summed E-state index contributed by atoms with van der Waals surface area (Å²) < 4.78 is 39.6. The molecule has 1 N–H and O–H groups in total. The Labute approximate surface area is 159 Å². The van der Waals surface area contributed by atoms with Crippen LogP contribution in [0.1, 0.15) is 77.6 Å². The average molecular weight is 390 g/mol. The van der Waals surface area contributed by atoms with Crippen molar-refractivity contribution >= 4 is 11.8 Å². The van der Waals surface area contributed by atoms with Crippen molar-refractivity contribution < 1.29 is 33.0 Å². The number of halogens is 2. The molecular formula is C20H32F2O5. The summed E-state index contributed by atoms with van der Waals surface area (Å²) in [5.74, 6) is -5.57. The summed E-state index contributed by atoms with van der Waals surface area (Å²) in [5, 5.41) is 9.15.